The van der Waals surface area contributed by atoms with Gasteiger partial charge in [-0.2, -0.15) is 0 Å². The molecule has 0 aliphatic rings. The number of hydrogen-bond acceptors (Lipinski definition) is 1. The predicted molar refractivity (Wildman–Crippen MR) is 41.5 cm³/mol. The Morgan fingerprint density at radius 2 is 2.00 bits per heavy atom. The van der Waals surface area contributed by atoms with Crippen molar-refractivity contribution in [3.8, 4) is 0 Å². The molecule has 11 heavy (non-hydrogen) atoms. The fourth-order valence-electron chi connectivity index (χ4n) is 0.774. The quantitative estimate of drug-likeness (QED) is 0.603. The van der Waals surface area contributed by atoms with Crippen LogP contribution in [0.25, 0.3) is 0 Å². The smallest absolute Gasteiger partial charge is 0.118 e. The van der Waals surface area contributed by atoms with Crippen molar-refractivity contribution in [1.29, 1.82) is 0 Å². The molecule has 0 unspecified atom stereocenters. The van der Waals surface area contributed by atoms with E-state index < -0.39 is 6.67 Å². The van der Waals surface area contributed by atoms with Crippen LogP contribution in [0.4, 0.5) is 4.39 Å². The molecule has 0 fully saturated rings. The number of ether oxygens (including phenoxy) is 1. The Hall–Kier alpha value is -0.890. The first kappa shape index (κ1) is 8.21. The van der Waals surface area contributed by atoms with Crippen LogP contribution < -0.4 is 0 Å². The minimum Gasteiger partial charge on any atom is -0.368 e. The van der Waals surface area contributed by atoms with Crippen LogP contribution in [0.5, 0.6) is 0 Å². The second-order valence-electron chi connectivity index (χ2n) is 2.12. The first-order valence-corrected chi connectivity index (χ1v) is 3.46. The molecule has 2 heteroatoms. The van der Waals surface area contributed by atoms with Gasteiger partial charge in [-0.3, -0.25) is 0 Å². The summed E-state index contributed by atoms with van der Waals surface area (Å²) in [4.78, 5) is 0. The van der Waals surface area contributed by atoms with Gasteiger partial charge in [0.05, 0.1) is 6.61 Å². The Bertz CT molecular complexity index is 186. The molecule has 0 atom stereocenters. The molecular weight excluding hydrogens is 143 g/mol. The van der Waals surface area contributed by atoms with Gasteiger partial charge in [0.1, 0.15) is 13.3 Å². The van der Waals surface area contributed by atoms with Crippen LogP contribution in [0, 0.1) is 6.61 Å². The molecule has 0 bridgehead atoms. The summed E-state index contributed by atoms with van der Waals surface area (Å²) < 4.78 is 16.4. The SMILES string of the molecule is FC[CH]OCc1ccccc1. The lowest BCUT2D eigenvalue weighted by molar-refractivity contribution is 0.166. The molecule has 0 heterocycles. The van der Waals surface area contributed by atoms with E-state index >= 15 is 0 Å². The molecule has 1 aromatic rings. The molecule has 0 aliphatic carbocycles. The van der Waals surface area contributed by atoms with Crippen molar-refractivity contribution >= 4 is 0 Å². The van der Waals surface area contributed by atoms with Crippen LogP contribution in [0.2, 0.25) is 0 Å². The maximum absolute atomic E-state index is 11.5. The van der Waals surface area contributed by atoms with Crippen molar-refractivity contribution in [2.24, 2.45) is 0 Å². The number of halogens is 1. The molecule has 0 spiro atoms. The molecule has 59 valence electrons. The highest BCUT2D eigenvalue weighted by Crippen LogP contribution is 2.00. The van der Waals surface area contributed by atoms with Crippen molar-refractivity contribution in [2.75, 3.05) is 6.67 Å². The summed E-state index contributed by atoms with van der Waals surface area (Å²) >= 11 is 0. The number of rotatable bonds is 4. The minimum absolute atomic E-state index is 0.449. The lowest BCUT2D eigenvalue weighted by atomic mass is 10.2. The van der Waals surface area contributed by atoms with Crippen LogP contribution in [0.3, 0.4) is 0 Å². The van der Waals surface area contributed by atoms with Crippen LogP contribution in [0.15, 0.2) is 30.3 Å². The molecule has 1 nitrogen and oxygen atoms in total. The Balaban J connectivity index is 2.28. The van der Waals surface area contributed by atoms with Gasteiger partial charge in [0.15, 0.2) is 0 Å². The van der Waals surface area contributed by atoms with Gasteiger partial charge in [-0.15, -0.1) is 0 Å². The second-order valence-corrected chi connectivity index (χ2v) is 2.12. The maximum Gasteiger partial charge on any atom is 0.118 e. The summed E-state index contributed by atoms with van der Waals surface area (Å²) in [6.45, 7) is 1.07. The topological polar surface area (TPSA) is 9.23 Å². The molecule has 0 saturated heterocycles. The van der Waals surface area contributed by atoms with Gasteiger partial charge in [0, 0.05) is 0 Å². The average molecular weight is 153 g/mol. The number of hydrogen-bond donors (Lipinski definition) is 0. The Morgan fingerprint density at radius 3 is 2.64 bits per heavy atom. The first-order valence-electron chi connectivity index (χ1n) is 3.46. The lowest BCUT2D eigenvalue weighted by Crippen LogP contribution is -1.90. The van der Waals surface area contributed by atoms with Crippen LogP contribution in [0.1, 0.15) is 5.56 Å². The summed E-state index contributed by atoms with van der Waals surface area (Å²) in [6, 6.07) is 9.66. The van der Waals surface area contributed by atoms with Gasteiger partial charge in [-0.25, -0.2) is 4.39 Å². The Morgan fingerprint density at radius 1 is 1.27 bits per heavy atom. The van der Waals surface area contributed by atoms with Crippen molar-refractivity contribution in [3.05, 3.63) is 42.5 Å². The molecule has 0 N–H and O–H groups in total. The summed E-state index contributed by atoms with van der Waals surface area (Å²) in [6.07, 6.45) is 0. The average Bonchev–Trinajstić information content (AvgIpc) is 2.07. The van der Waals surface area contributed by atoms with Gasteiger partial charge < -0.3 is 4.74 Å². The first-order chi connectivity index (χ1) is 5.43. The molecule has 0 amide bonds. The highest BCUT2D eigenvalue weighted by molar-refractivity contribution is 5.13. The van der Waals surface area contributed by atoms with Gasteiger partial charge in [0.2, 0.25) is 0 Å². The van der Waals surface area contributed by atoms with Gasteiger partial charge >= 0.3 is 0 Å². The highest BCUT2D eigenvalue weighted by atomic mass is 19.1. The van der Waals surface area contributed by atoms with E-state index in [-0.39, 0.29) is 0 Å². The van der Waals surface area contributed by atoms with E-state index in [1.54, 1.807) is 0 Å². The zero-order chi connectivity index (χ0) is 7.94. The molecular formula is C9H10FO. The van der Waals surface area contributed by atoms with E-state index in [0.29, 0.717) is 6.61 Å². The fourth-order valence-corrected chi connectivity index (χ4v) is 0.774. The largest absolute Gasteiger partial charge is 0.368 e. The lowest BCUT2D eigenvalue weighted by Gasteiger charge is -1.99. The van der Waals surface area contributed by atoms with Crippen molar-refractivity contribution in [1.82, 2.24) is 0 Å². The highest BCUT2D eigenvalue weighted by Gasteiger charge is 1.90. The van der Waals surface area contributed by atoms with Gasteiger partial charge in [0.25, 0.3) is 0 Å². The van der Waals surface area contributed by atoms with E-state index in [0.717, 1.165) is 12.2 Å². The van der Waals surface area contributed by atoms with Crippen LogP contribution in [-0.4, -0.2) is 6.67 Å². The predicted octanol–water partition coefficient (Wildman–Crippen LogP) is 2.33. The van der Waals surface area contributed by atoms with Crippen LogP contribution >= 0.6 is 0 Å². The normalized spacial score (nSPS) is 9.91. The molecule has 0 saturated carbocycles. The monoisotopic (exact) mass is 153 g/mol. The van der Waals surface area contributed by atoms with E-state index in [1.165, 1.54) is 0 Å². The third-order valence-corrected chi connectivity index (χ3v) is 1.27. The number of alkyl halides is 1. The Labute approximate surface area is 65.8 Å². The van der Waals surface area contributed by atoms with Crippen LogP contribution in [-0.2, 0) is 11.3 Å². The van der Waals surface area contributed by atoms with E-state index in [9.17, 15) is 4.39 Å². The molecule has 1 radical (unpaired) electrons. The van der Waals surface area contributed by atoms with Crippen molar-refractivity contribution in [2.45, 2.75) is 6.61 Å². The molecule has 0 aliphatic heterocycles. The standard InChI is InChI=1S/C9H10FO/c10-6-7-11-8-9-4-2-1-3-5-9/h1-5,7H,6,8H2. The second kappa shape index (κ2) is 4.85. The third-order valence-electron chi connectivity index (χ3n) is 1.27. The summed E-state index contributed by atoms with van der Waals surface area (Å²) in [5.41, 5.74) is 1.05. The zero-order valence-corrected chi connectivity index (χ0v) is 6.16. The Kier molecular flexibility index (Phi) is 3.62. The fraction of sp³-hybridized carbons (Fsp3) is 0.222. The van der Waals surface area contributed by atoms with Crippen molar-refractivity contribution in [3.63, 3.8) is 0 Å². The minimum atomic E-state index is -0.535. The molecule has 0 aromatic heterocycles. The number of benzene rings is 1. The molecule has 1 aromatic carbocycles. The summed E-state index contributed by atoms with van der Waals surface area (Å²) in [7, 11) is 0. The summed E-state index contributed by atoms with van der Waals surface area (Å²) in [5, 5.41) is 0. The van der Waals surface area contributed by atoms with Crippen molar-refractivity contribution < 1.29 is 9.13 Å². The van der Waals surface area contributed by atoms with E-state index in [1.807, 2.05) is 30.3 Å². The zero-order valence-electron chi connectivity index (χ0n) is 6.16. The third kappa shape index (κ3) is 3.14. The molecule has 1 rings (SSSR count). The summed E-state index contributed by atoms with van der Waals surface area (Å²) in [5.74, 6) is 0. The van der Waals surface area contributed by atoms with Gasteiger partial charge in [-0.1, -0.05) is 30.3 Å². The maximum atomic E-state index is 11.5. The van der Waals surface area contributed by atoms with Gasteiger partial charge in [-0.05, 0) is 5.56 Å². The van der Waals surface area contributed by atoms with E-state index in [4.69, 9.17) is 4.74 Å². The van der Waals surface area contributed by atoms with E-state index in [2.05, 4.69) is 0 Å².